The summed E-state index contributed by atoms with van der Waals surface area (Å²) in [4.78, 5) is 35.5. The van der Waals surface area contributed by atoms with Crippen molar-refractivity contribution < 1.29 is 9.59 Å². The van der Waals surface area contributed by atoms with Gasteiger partial charge in [0.1, 0.15) is 21.8 Å². The molecule has 8 nitrogen and oxygen atoms in total. The zero-order valence-corrected chi connectivity index (χ0v) is 16.7. The van der Waals surface area contributed by atoms with Gasteiger partial charge in [0, 0.05) is 30.2 Å². The number of anilines is 1. The monoisotopic (exact) mass is 408 g/mol. The Labute approximate surface area is 172 Å². The minimum atomic E-state index is -0.536. The molecule has 0 radical (unpaired) electrons. The quantitative estimate of drug-likeness (QED) is 0.712. The van der Waals surface area contributed by atoms with Crippen LogP contribution in [-0.2, 0) is 4.79 Å². The fraction of sp³-hybridized carbons (Fsp3) is 0.300. The first-order valence-electron chi connectivity index (χ1n) is 9.40. The van der Waals surface area contributed by atoms with Crippen LogP contribution in [0, 0.1) is 6.92 Å². The summed E-state index contributed by atoms with van der Waals surface area (Å²) in [5, 5.41) is 12.8. The zero-order chi connectivity index (χ0) is 20.2. The largest absolute Gasteiger partial charge is 0.325 e. The van der Waals surface area contributed by atoms with Gasteiger partial charge in [-0.2, -0.15) is 0 Å². The summed E-state index contributed by atoms with van der Waals surface area (Å²) in [7, 11) is 0. The first-order valence-corrected chi connectivity index (χ1v) is 10.2. The smallest absolute Gasteiger partial charge is 0.274 e. The minimum absolute atomic E-state index is 0.201. The van der Waals surface area contributed by atoms with Crippen molar-refractivity contribution in [3.8, 4) is 10.6 Å². The number of benzene rings is 1. The van der Waals surface area contributed by atoms with E-state index >= 15 is 0 Å². The Morgan fingerprint density at radius 3 is 2.86 bits per heavy atom. The summed E-state index contributed by atoms with van der Waals surface area (Å²) in [6.07, 6.45) is 6.80. The fourth-order valence-corrected chi connectivity index (χ4v) is 4.06. The molecule has 29 heavy (non-hydrogen) atoms. The van der Waals surface area contributed by atoms with Crippen LogP contribution in [0.25, 0.3) is 10.6 Å². The Hall–Kier alpha value is -3.20. The van der Waals surface area contributed by atoms with Crippen LogP contribution < -0.4 is 5.32 Å². The summed E-state index contributed by atoms with van der Waals surface area (Å²) in [5.41, 5.74) is 1.81. The predicted molar refractivity (Wildman–Crippen MR) is 109 cm³/mol. The fourth-order valence-electron chi connectivity index (χ4n) is 3.37. The van der Waals surface area contributed by atoms with Gasteiger partial charge in [-0.15, -0.1) is 10.2 Å². The van der Waals surface area contributed by atoms with Crippen molar-refractivity contribution >= 4 is 28.8 Å². The molecule has 1 N–H and O–H groups in total. The van der Waals surface area contributed by atoms with Gasteiger partial charge in [-0.25, -0.2) is 4.98 Å². The number of aryl methyl sites for hydroxylation is 1. The van der Waals surface area contributed by atoms with E-state index in [1.165, 1.54) is 29.9 Å². The Kier molecular flexibility index (Phi) is 5.57. The van der Waals surface area contributed by atoms with E-state index < -0.39 is 6.04 Å². The van der Waals surface area contributed by atoms with Crippen molar-refractivity contribution in [1.29, 1.82) is 0 Å². The van der Waals surface area contributed by atoms with Crippen molar-refractivity contribution in [3.63, 3.8) is 0 Å². The summed E-state index contributed by atoms with van der Waals surface area (Å²) in [6.45, 7) is 2.43. The molecule has 1 aromatic carbocycles. The molecule has 1 fully saturated rings. The minimum Gasteiger partial charge on any atom is -0.325 e. The molecule has 148 valence electrons. The molecule has 0 spiro atoms. The maximum atomic E-state index is 13.0. The van der Waals surface area contributed by atoms with Crippen LogP contribution >= 0.6 is 11.3 Å². The highest BCUT2D eigenvalue weighted by molar-refractivity contribution is 7.14. The maximum absolute atomic E-state index is 13.0. The maximum Gasteiger partial charge on any atom is 0.274 e. The van der Waals surface area contributed by atoms with Crippen LogP contribution in [0.5, 0.6) is 0 Å². The highest BCUT2D eigenvalue weighted by Crippen LogP contribution is 2.26. The summed E-state index contributed by atoms with van der Waals surface area (Å²) >= 11 is 1.50. The Morgan fingerprint density at radius 1 is 1.21 bits per heavy atom. The van der Waals surface area contributed by atoms with E-state index in [1.54, 1.807) is 4.90 Å². The number of likely N-dealkylation sites (tertiary alicyclic amines) is 1. The van der Waals surface area contributed by atoms with E-state index in [2.05, 4.69) is 25.5 Å². The lowest BCUT2D eigenvalue weighted by atomic mass is 10.0. The van der Waals surface area contributed by atoms with Crippen molar-refractivity contribution in [2.45, 2.75) is 32.2 Å². The lowest BCUT2D eigenvalue weighted by molar-refractivity contribution is -0.121. The van der Waals surface area contributed by atoms with Gasteiger partial charge in [0.15, 0.2) is 0 Å². The molecule has 0 unspecified atom stereocenters. The molecule has 3 aromatic rings. The number of nitrogens with one attached hydrogen (secondary N) is 1. The van der Waals surface area contributed by atoms with Crippen molar-refractivity contribution in [1.82, 2.24) is 25.1 Å². The Balaban J connectivity index is 1.51. The van der Waals surface area contributed by atoms with Crippen molar-refractivity contribution in [2.75, 3.05) is 11.9 Å². The molecular weight excluding hydrogens is 388 g/mol. The van der Waals surface area contributed by atoms with Gasteiger partial charge >= 0.3 is 0 Å². The van der Waals surface area contributed by atoms with Crippen LogP contribution in [0.1, 0.15) is 34.8 Å². The molecule has 1 aliphatic rings. The number of nitrogens with zero attached hydrogens (tertiary/aromatic N) is 5. The van der Waals surface area contributed by atoms with E-state index in [-0.39, 0.29) is 17.5 Å². The number of carbonyl (C=O) groups excluding carboxylic acids is 2. The van der Waals surface area contributed by atoms with Crippen molar-refractivity contribution in [2.24, 2.45) is 0 Å². The lowest BCUT2D eigenvalue weighted by Gasteiger charge is -2.34. The number of carbonyl (C=O) groups is 2. The standard InChI is InChI=1S/C20H20N6O2S/c1-13-24-25-19(29-13)14-5-4-6-15(11-14)23-18(27)17-7-2-3-10-26(17)20(28)16-12-21-8-9-22-16/h4-6,8-9,11-12,17H,2-3,7,10H2,1H3,(H,23,27)/t17-/m1/s1. The first kappa shape index (κ1) is 19.1. The van der Waals surface area contributed by atoms with Crippen molar-refractivity contribution in [3.05, 3.63) is 53.6 Å². The second kappa shape index (κ2) is 8.44. The van der Waals surface area contributed by atoms with E-state index in [4.69, 9.17) is 0 Å². The highest BCUT2D eigenvalue weighted by Gasteiger charge is 2.33. The van der Waals surface area contributed by atoms with Gasteiger partial charge < -0.3 is 10.2 Å². The van der Waals surface area contributed by atoms with Crippen LogP contribution in [0.3, 0.4) is 0 Å². The third-order valence-electron chi connectivity index (χ3n) is 4.75. The third kappa shape index (κ3) is 4.29. The third-order valence-corrected chi connectivity index (χ3v) is 5.64. The molecule has 4 rings (SSSR count). The number of amides is 2. The second-order valence-electron chi connectivity index (χ2n) is 6.80. The SMILES string of the molecule is Cc1nnc(-c2cccc(NC(=O)[C@H]3CCCCN3C(=O)c3cnccn3)c2)s1. The molecule has 9 heteroatoms. The molecule has 1 aliphatic heterocycles. The van der Waals surface area contributed by atoms with E-state index in [1.807, 2.05) is 31.2 Å². The number of rotatable bonds is 4. The second-order valence-corrected chi connectivity index (χ2v) is 7.98. The van der Waals surface area contributed by atoms with E-state index in [9.17, 15) is 9.59 Å². The van der Waals surface area contributed by atoms with Crippen LogP contribution in [0.4, 0.5) is 5.69 Å². The normalized spacial score (nSPS) is 16.4. The molecule has 0 aliphatic carbocycles. The van der Waals surface area contributed by atoms with E-state index in [0.717, 1.165) is 28.4 Å². The lowest BCUT2D eigenvalue weighted by Crippen LogP contribution is -2.50. The topological polar surface area (TPSA) is 101 Å². The molecule has 1 atom stereocenters. The number of hydrogen-bond acceptors (Lipinski definition) is 7. The van der Waals surface area contributed by atoms with Gasteiger partial charge in [0.25, 0.3) is 5.91 Å². The van der Waals surface area contributed by atoms with Crippen LogP contribution in [0.2, 0.25) is 0 Å². The molecule has 2 aromatic heterocycles. The van der Waals surface area contributed by atoms with Crippen LogP contribution in [0.15, 0.2) is 42.9 Å². The molecule has 2 amide bonds. The van der Waals surface area contributed by atoms with Gasteiger partial charge in [-0.3, -0.25) is 14.6 Å². The Morgan fingerprint density at radius 2 is 2.10 bits per heavy atom. The zero-order valence-electron chi connectivity index (χ0n) is 15.9. The number of piperidine rings is 1. The van der Waals surface area contributed by atoms with Gasteiger partial charge in [0.2, 0.25) is 5.91 Å². The van der Waals surface area contributed by atoms with Gasteiger partial charge in [0.05, 0.1) is 6.20 Å². The molecule has 1 saturated heterocycles. The molecular formula is C20H20N6O2S. The Bertz CT molecular complexity index is 1020. The molecule has 3 heterocycles. The van der Waals surface area contributed by atoms with E-state index in [0.29, 0.717) is 18.7 Å². The number of aromatic nitrogens is 4. The van der Waals surface area contributed by atoms with Gasteiger partial charge in [-0.1, -0.05) is 23.5 Å². The predicted octanol–water partition coefficient (Wildman–Crippen LogP) is 2.94. The van der Waals surface area contributed by atoms with Crippen LogP contribution in [-0.4, -0.2) is 49.5 Å². The van der Waals surface area contributed by atoms with Gasteiger partial charge in [-0.05, 0) is 38.3 Å². The molecule has 0 saturated carbocycles. The molecule has 0 bridgehead atoms. The average Bonchev–Trinajstić information content (AvgIpc) is 3.20. The number of hydrogen-bond donors (Lipinski definition) is 1. The first-order chi connectivity index (χ1) is 14.1. The summed E-state index contributed by atoms with van der Waals surface area (Å²) < 4.78 is 0. The highest BCUT2D eigenvalue weighted by atomic mass is 32.1. The summed E-state index contributed by atoms with van der Waals surface area (Å²) in [6, 6.07) is 6.96. The summed E-state index contributed by atoms with van der Waals surface area (Å²) in [5.74, 6) is -0.469. The average molecular weight is 408 g/mol.